The molecule has 0 fully saturated rings. The highest BCUT2D eigenvalue weighted by molar-refractivity contribution is 7.88. The Morgan fingerprint density at radius 1 is 1.50 bits per heavy atom. The van der Waals surface area contributed by atoms with Gasteiger partial charge in [-0.1, -0.05) is 0 Å². The maximum Gasteiger partial charge on any atom is 0.271 e. The molecule has 0 aliphatic carbocycles. The maximum atomic E-state index is 11.7. The normalized spacial score (nSPS) is 11.4. The van der Waals surface area contributed by atoms with Crippen LogP contribution in [0, 0.1) is 0 Å². The number of sulfonamides is 1. The van der Waals surface area contributed by atoms with E-state index < -0.39 is 10.0 Å². The molecule has 0 saturated carbocycles. The number of carbonyl (C=O) groups excluding carboxylic acids is 1. The van der Waals surface area contributed by atoms with Crippen molar-refractivity contribution in [3.8, 4) is 0 Å². The Labute approximate surface area is 106 Å². The smallest absolute Gasteiger partial charge is 0.271 e. The number of hydrogen-bond acceptors (Lipinski definition) is 5. The lowest BCUT2D eigenvalue weighted by Crippen LogP contribution is -2.30. The van der Waals surface area contributed by atoms with Crippen LogP contribution in [0.2, 0.25) is 0 Å². The molecule has 1 aromatic rings. The Kier molecular flexibility index (Phi) is 4.68. The van der Waals surface area contributed by atoms with E-state index in [1.165, 1.54) is 10.9 Å². The van der Waals surface area contributed by atoms with Gasteiger partial charge in [0.25, 0.3) is 5.91 Å². The summed E-state index contributed by atoms with van der Waals surface area (Å²) < 4.78 is 25.3. The Bertz CT molecular complexity index is 503. The van der Waals surface area contributed by atoms with Crippen LogP contribution < -0.4 is 15.8 Å². The van der Waals surface area contributed by atoms with Crippen LogP contribution in [0.15, 0.2) is 6.20 Å². The third-order valence-corrected chi connectivity index (χ3v) is 2.91. The van der Waals surface area contributed by atoms with Crippen LogP contribution >= 0.6 is 0 Å². The summed E-state index contributed by atoms with van der Waals surface area (Å²) in [5, 5.41) is 6.49. The van der Waals surface area contributed by atoms with E-state index in [0.717, 1.165) is 6.26 Å². The zero-order valence-electron chi connectivity index (χ0n) is 10.3. The molecule has 18 heavy (non-hydrogen) atoms. The van der Waals surface area contributed by atoms with Gasteiger partial charge >= 0.3 is 0 Å². The molecule has 8 nitrogen and oxygen atoms in total. The Morgan fingerprint density at radius 3 is 2.67 bits per heavy atom. The minimum Gasteiger partial charge on any atom is -0.396 e. The molecule has 1 aromatic heterocycles. The first-order valence-electron chi connectivity index (χ1n) is 5.31. The monoisotopic (exact) mass is 275 g/mol. The van der Waals surface area contributed by atoms with Crippen LogP contribution in [-0.2, 0) is 17.1 Å². The molecular formula is C9H17N5O3S. The van der Waals surface area contributed by atoms with Gasteiger partial charge in [-0.15, -0.1) is 0 Å². The van der Waals surface area contributed by atoms with Crippen molar-refractivity contribution in [2.24, 2.45) is 7.05 Å². The zero-order valence-corrected chi connectivity index (χ0v) is 11.1. The fourth-order valence-electron chi connectivity index (χ4n) is 1.36. The summed E-state index contributed by atoms with van der Waals surface area (Å²) in [6.07, 6.45) is 2.98. The third-order valence-electron chi connectivity index (χ3n) is 2.19. The molecule has 0 unspecified atom stereocenters. The number of nitrogens with one attached hydrogen (secondary N) is 2. The lowest BCUT2D eigenvalue weighted by Gasteiger charge is -2.06. The highest BCUT2D eigenvalue weighted by Gasteiger charge is 2.13. The first-order chi connectivity index (χ1) is 8.31. The zero-order chi connectivity index (χ0) is 13.8. The molecule has 1 amide bonds. The highest BCUT2D eigenvalue weighted by atomic mass is 32.2. The predicted molar refractivity (Wildman–Crippen MR) is 67.4 cm³/mol. The van der Waals surface area contributed by atoms with E-state index in [-0.39, 0.29) is 12.5 Å². The molecule has 0 bridgehead atoms. The summed E-state index contributed by atoms with van der Waals surface area (Å²) in [5.41, 5.74) is 6.20. The van der Waals surface area contributed by atoms with Crippen LogP contribution in [0.25, 0.3) is 0 Å². The van der Waals surface area contributed by atoms with Crippen molar-refractivity contribution >= 4 is 21.6 Å². The molecule has 0 spiro atoms. The number of amides is 1. The van der Waals surface area contributed by atoms with Crippen molar-refractivity contribution in [3.63, 3.8) is 0 Å². The van der Waals surface area contributed by atoms with Crippen LogP contribution in [0.1, 0.15) is 16.9 Å². The predicted octanol–water partition coefficient (Wildman–Crippen LogP) is -1.33. The number of nitrogens with zero attached hydrogens (tertiary/aromatic N) is 2. The van der Waals surface area contributed by atoms with E-state index in [4.69, 9.17) is 5.73 Å². The van der Waals surface area contributed by atoms with Gasteiger partial charge < -0.3 is 11.1 Å². The summed E-state index contributed by atoms with van der Waals surface area (Å²) >= 11 is 0. The molecule has 1 rings (SSSR count). The molecule has 0 saturated heterocycles. The lowest BCUT2D eigenvalue weighted by atomic mass is 10.3. The molecule has 0 aliphatic heterocycles. The topological polar surface area (TPSA) is 119 Å². The molecular weight excluding hydrogens is 258 g/mol. The summed E-state index contributed by atoms with van der Waals surface area (Å²) in [6.45, 7) is 0.631. The first kappa shape index (κ1) is 14.5. The maximum absolute atomic E-state index is 11.7. The summed E-state index contributed by atoms with van der Waals surface area (Å²) in [7, 11) is -1.56. The van der Waals surface area contributed by atoms with Crippen LogP contribution in [-0.4, -0.2) is 43.5 Å². The van der Waals surface area contributed by atoms with Gasteiger partial charge in [-0.25, -0.2) is 13.1 Å². The molecule has 102 valence electrons. The number of rotatable bonds is 6. The van der Waals surface area contributed by atoms with Gasteiger partial charge in [0.1, 0.15) is 5.69 Å². The largest absolute Gasteiger partial charge is 0.396 e. The van der Waals surface area contributed by atoms with Crippen molar-refractivity contribution in [3.05, 3.63) is 11.9 Å². The quantitative estimate of drug-likeness (QED) is 0.556. The Balaban J connectivity index is 2.35. The second kappa shape index (κ2) is 5.83. The van der Waals surface area contributed by atoms with Crippen molar-refractivity contribution in [1.82, 2.24) is 19.8 Å². The fourth-order valence-corrected chi connectivity index (χ4v) is 1.88. The van der Waals surface area contributed by atoms with Crippen molar-refractivity contribution in [2.45, 2.75) is 6.42 Å². The lowest BCUT2D eigenvalue weighted by molar-refractivity contribution is 0.0945. The second-order valence-corrected chi connectivity index (χ2v) is 5.68. The van der Waals surface area contributed by atoms with Gasteiger partial charge in [-0.2, -0.15) is 5.10 Å². The summed E-state index contributed by atoms with van der Waals surface area (Å²) in [5.74, 6) is -0.327. The van der Waals surface area contributed by atoms with Gasteiger partial charge in [-0.05, 0) is 6.42 Å². The third kappa shape index (κ3) is 4.34. The Morgan fingerprint density at radius 2 is 2.17 bits per heavy atom. The summed E-state index contributed by atoms with van der Waals surface area (Å²) in [6, 6.07) is 0. The molecule has 0 aliphatic rings. The van der Waals surface area contributed by atoms with Crippen molar-refractivity contribution < 1.29 is 13.2 Å². The van der Waals surface area contributed by atoms with E-state index in [0.29, 0.717) is 24.3 Å². The molecule has 0 radical (unpaired) electrons. The number of aromatic nitrogens is 2. The van der Waals surface area contributed by atoms with Crippen molar-refractivity contribution in [2.75, 3.05) is 25.1 Å². The van der Waals surface area contributed by atoms with Gasteiger partial charge in [0.15, 0.2) is 0 Å². The average Bonchev–Trinajstić information content (AvgIpc) is 2.56. The number of anilines is 1. The molecule has 4 N–H and O–H groups in total. The van der Waals surface area contributed by atoms with E-state index in [1.807, 2.05) is 0 Å². The van der Waals surface area contributed by atoms with Crippen molar-refractivity contribution in [1.29, 1.82) is 0 Å². The molecule has 0 atom stereocenters. The van der Waals surface area contributed by atoms with Gasteiger partial charge in [0.2, 0.25) is 10.0 Å². The minimum atomic E-state index is -3.18. The SMILES string of the molecule is Cn1ncc(N)c1C(=O)NCCCNS(C)(=O)=O. The highest BCUT2D eigenvalue weighted by Crippen LogP contribution is 2.08. The Hall–Kier alpha value is -1.61. The van der Waals surface area contributed by atoms with E-state index in [9.17, 15) is 13.2 Å². The molecule has 9 heteroatoms. The van der Waals surface area contributed by atoms with E-state index in [2.05, 4.69) is 15.1 Å². The number of hydrogen-bond donors (Lipinski definition) is 3. The second-order valence-electron chi connectivity index (χ2n) is 3.85. The summed E-state index contributed by atoms with van der Waals surface area (Å²) in [4.78, 5) is 11.7. The van der Waals surface area contributed by atoms with Crippen LogP contribution in [0.5, 0.6) is 0 Å². The van der Waals surface area contributed by atoms with Crippen LogP contribution in [0.4, 0.5) is 5.69 Å². The number of aryl methyl sites for hydroxylation is 1. The van der Waals surface area contributed by atoms with E-state index >= 15 is 0 Å². The fraction of sp³-hybridized carbons (Fsp3) is 0.556. The van der Waals surface area contributed by atoms with Crippen LogP contribution in [0.3, 0.4) is 0 Å². The average molecular weight is 275 g/mol. The van der Waals surface area contributed by atoms with Gasteiger partial charge in [0, 0.05) is 20.1 Å². The van der Waals surface area contributed by atoms with Gasteiger partial charge in [0.05, 0.1) is 18.1 Å². The van der Waals surface area contributed by atoms with Gasteiger partial charge in [-0.3, -0.25) is 9.48 Å². The number of nitrogen functional groups attached to an aromatic ring is 1. The standard InChI is InChI=1S/C9H17N5O3S/c1-14-8(7(10)6-12-14)9(15)11-4-3-5-13-18(2,16)17/h6,13H,3-5,10H2,1-2H3,(H,11,15). The number of nitrogens with two attached hydrogens (primary N) is 1. The number of carbonyl (C=O) groups is 1. The molecule has 1 heterocycles. The first-order valence-corrected chi connectivity index (χ1v) is 7.20. The van der Waals surface area contributed by atoms with E-state index in [1.54, 1.807) is 7.05 Å². The minimum absolute atomic E-state index is 0.278. The molecule has 0 aromatic carbocycles.